The molecule has 2 atom stereocenters. The van der Waals surface area contributed by atoms with Crippen molar-refractivity contribution in [3.8, 4) is 0 Å². The molecule has 96 valence electrons. The van der Waals surface area contributed by atoms with E-state index in [9.17, 15) is 9.59 Å². The van der Waals surface area contributed by atoms with Crippen molar-refractivity contribution in [1.29, 1.82) is 0 Å². The van der Waals surface area contributed by atoms with Crippen LogP contribution >= 0.6 is 11.8 Å². The number of hydrogen-bond acceptors (Lipinski definition) is 3. The molecule has 0 aromatic heterocycles. The molecule has 0 aromatic carbocycles. The van der Waals surface area contributed by atoms with E-state index in [0.29, 0.717) is 6.54 Å². The lowest BCUT2D eigenvalue weighted by Crippen LogP contribution is -2.48. The van der Waals surface area contributed by atoms with Gasteiger partial charge in [-0.1, -0.05) is 13.8 Å². The molecule has 1 heterocycles. The molecule has 2 rings (SSSR count). The number of carbonyl (C=O) groups excluding carboxylic acids is 1. The van der Waals surface area contributed by atoms with Crippen LogP contribution in [0.5, 0.6) is 0 Å². The number of amides is 1. The zero-order valence-corrected chi connectivity index (χ0v) is 11.1. The molecule has 1 aliphatic carbocycles. The first-order valence-electron chi connectivity index (χ1n) is 6.02. The lowest BCUT2D eigenvalue weighted by atomic mass is 10.1. The predicted octanol–water partition coefficient (Wildman–Crippen LogP) is 1.45. The Labute approximate surface area is 106 Å². The number of rotatable bonds is 3. The summed E-state index contributed by atoms with van der Waals surface area (Å²) in [6.07, 6.45) is 1.02. The van der Waals surface area contributed by atoms with Gasteiger partial charge in [0.2, 0.25) is 5.91 Å². The van der Waals surface area contributed by atoms with E-state index in [1.807, 2.05) is 4.90 Å². The Morgan fingerprint density at radius 1 is 1.47 bits per heavy atom. The van der Waals surface area contributed by atoms with Crippen molar-refractivity contribution >= 4 is 23.6 Å². The second kappa shape index (κ2) is 4.52. The summed E-state index contributed by atoms with van der Waals surface area (Å²) in [5, 5.41) is 8.87. The van der Waals surface area contributed by atoms with E-state index in [1.54, 1.807) is 11.8 Å². The highest BCUT2D eigenvalue weighted by Gasteiger charge is 2.52. The molecule has 2 unspecified atom stereocenters. The fraction of sp³-hybridized carbons (Fsp3) is 0.833. The van der Waals surface area contributed by atoms with Gasteiger partial charge in [-0.2, -0.15) is 11.8 Å². The van der Waals surface area contributed by atoms with Crippen LogP contribution in [0.1, 0.15) is 26.7 Å². The third-order valence-corrected chi connectivity index (χ3v) is 4.82. The second-order valence-corrected chi connectivity index (χ2v) is 6.75. The summed E-state index contributed by atoms with van der Waals surface area (Å²) in [6.45, 7) is 4.90. The summed E-state index contributed by atoms with van der Waals surface area (Å²) in [5.74, 6) is 1.15. The molecule has 1 amide bonds. The maximum atomic E-state index is 12.3. The number of carbonyl (C=O) groups is 2. The van der Waals surface area contributed by atoms with Crippen molar-refractivity contribution < 1.29 is 14.7 Å². The van der Waals surface area contributed by atoms with Gasteiger partial charge in [0, 0.05) is 24.0 Å². The molecule has 0 radical (unpaired) electrons. The quantitative estimate of drug-likeness (QED) is 0.831. The average molecular weight is 257 g/mol. The molecule has 1 saturated heterocycles. The van der Waals surface area contributed by atoms with Crippen LogP contribution in [0.15, 0.2) is 0 Å². The molecule has 5 heteroatoms. The monoisotopic (exact) mass is 257 g/mol. The number of hydrogen-bond donors (Lipinski definition) is 1. The van der Waals surface area contributed by atoms with Crippen molar-refractivity contribution in [3.05, 3.63) is 0 Å². The van der Waals surface area contributed by atoms with E-state index in [-0.39, 0.29) is 29.7 Å². The molecule has 1 N–H and O–H groups in total. The fourth-order valence-corrected chi connectivity index (χ4v) is 3.47. The van der Waals surface area contributed by atoms with Crippen LogP contribution < -0.4 is 0 Å². The standard InChI is InChI=1S/C12H19NO3S/c1-12(2)6-9(12)11(16)13-3-4-17-7-8(13)5-10(14)15/h8-9H,3-7H2,1-2H3,(H,14,15). The largest absolute Gasteiger partial charge is 0.481 e. The summed E-state index contributed by atoms with van der Waals surface area (Å²) in [5.41, 5.74) is 0.120. The van der Waals surface area contributed by atoms with Gasteiger partial charge < -0.3 is 10.0 Å². The van der Waals surface area contributed by atoms with Crippen LogP contribution in [0.3, 0.4) is 0 Å². The van der Waals surface area contributed by atoms with Gasteiger partial charge in [0.05, 0.1) is 12.5 Å². The third-order valence-electron chi connectivity index (χ3n) is 3.73. The van der Waals surface area contributed by atoms with Gasteiger partial charge in [0.15, 0.2) is 0 Å². The van der Waals surface area contributed by atoms with Gasteiger partial charge in [-0.05, 0) is 11.8 Å². The summed E-state index contributed by atoms with van der Waals surface area (Å²) < 4.78 is 0. The SMILES string of the molecule is CC1(C)CC1C(=O)N1CCSCC1CC(=O)O. The maximum absolute atomic E-state index is 12.3. The van der Waals surface area contributed by atoms with E-state index in [1.165, 1.54) is 0 Å². The summed E-state index contributed by atoms with van der Waals surface area (Å²) in [7, 11) is 0. The van der Waals surface area contributed by atoms with E-state index >= 15 is 0 Å². The van der Waals surface area contributed by atoms with Crippen LogP contribution in [-0.4, -0.2) is 46.0 Å². The topological polar surface area (TPSA) is 57.6 Å². The lowest BCUT2D eigenvalue weighted by Gasteiger charge is -2.35. The number of thioether (sulfide) groups is 1. The van der Waals surface area contributed by atoms with Crippen LogP contribution in [0, 0.1) is 11.3 Å². The van der Waals surface area contributed by atoms with E-state index in [4.69, 9.17) is 5.11 Å². The molecular formula is C12H19NO3S. The van der Waals surface area contributed by atoms with Crippen LogP contribution in [0.25, 0.3) is 0 Å². The normalized spacial score (nSPS) is 31.1. The highest BCUT2D eigenvalue weighted by Crippen LogP contribution is 2.52. The van der Waals surface area contributed by atoms with Gasteiger partial charge >= 0.3 is 5.97 Å². The summed E-state index contributed by atoms with van der Waals surface area (Å²) in [4.78, 5) is 24.9. The molecule has 2 fully saturated rings. The molecule has 0 aromatic rings. The highest BCUT2D eigenvalue weighted by molar-refractivity contribution is 7.99. The van der Waals surface area contributed by atoms with Crippen LogP contribution in [0.4, 0.5) is 0 Å². The third kappa shape index (κ3) is 2.76. The van der Waals surface area contributed by atoms with Gasteiger partial charge in [0.1, 0.15) is 0 Å². The summed E-state index contributed by atoms with van der Waals surface area (Å²) >= 11 is 1.74. The molecular weight excluding hydrogens is 238 g/mol. The number of carboxylic acids is 1. The second-order valence-electron chi connectivity index (χ2n) is 5.60. The zero-order chi connectivity index (χ0) is 12.6. The minimum absolute atomic E-state index is 0.0753. The average Bonchev–Trinajstić information content (AvgIpc) is 2.87. The summed E-state index contributed by atoms with van der Waals surface area (Å²) in [6, 6.07) is -0.116. The molecule has 2 aliphatic rings. The number of nitrogens with zero attached hydrogens (tertiary/aromatic N) is 1. The minimum Gasteiger partial charge on any atom is -0.481 e. The van der Waals surface area contributed by atoms with Crippen LogP contribution in [-0.2, 0) is 9.59 Å². The Bertz CT molecular complexity index is 343. The molecule has 0 spiro atoms. The molecule has 17 heavy (non-hydrogen) atoms. The van der Waals surface area contributed by atoms with Crippen molar-refractivity contribution in [2.24, 2.45) is 11.3 Å². The minimum atomic E-state index is -0.814. The smallest absolute Gasteiger partial charge is 0.305 e. The van der Waals surface area contributed by atoms with Gasteiger partial charge in [-0.3, -0.25) is 9.59 Å². The first-order valence-corrected chi connectivity index (χ1v) is 7.17. The Balaban J connectivity index is 2.01. The Kier molecular flexibility index (Phi) is 3.39. The fourth-order valence-electron chi connectivity index (χ4n) is 2.40. The Morgan fingerprint density at radius 2 is 2.12 bits per heavy atom. The van der Waals surface area contributed by atoms with Crippen molar-refractivity contribution in [2.45, 2.75) is 32.7 Å². The predicted molar refractivity (Wildman–Crippen MR) is 67.0 cm³/mol. The first kappa shape index (κ1) is 12.7. The van der Waals surface area contributed by atoms with E-state index < -0.39 is 5.97 Å². The Hall–Kier alpha value is -0.710. The van der Waals surface area contributed by atoms with Gasteiger partial charge in [0.25, 0.3) is 0 Å². The first-order chi connectivity index (χ1) is 7.92. The Morgan fingerprint density at radius 3 is 2.65 bits per heavy atom. The maximum Gasteiger partial charge on any atom is 0.305 e. The van der Waals surface area contributed by atoms with Crippen LogP contribution in [0.2, 0.25) is 0 Å². The molecule has 1 aliphatic heterocycles. The molecule has 4 nitrogen and oxygen atoms in total. The highest BCUT2D eigenvalue weighted by atomic mass is 32.2. The van der Waals surface area contributed by atoms with Gasteiger partial charge in [-0.25, -0.2) is 0 Å². The molecule has 0 bridgehead atoms. The molecule has 1 saturated carbocycles. The zero-order valence-electron chi connectivity index (χ0n) is 10.3. The van der Waals surface area contributed by atoms with Crippen molar-refractivity contribution in [1.82, 2.24) is 4.90 Å². The number of aliphatic carboxylic acids is 1. The van der Waals surface area contributed by atoms with E-state index in [0.717, 1.165) is 17.9 Å². The van der Waals surface area contributed by atoms with Gasteiger partial charge in [-0.15, -0.1) is 0 Å². The lowest BCUT2D eigenvalue weighted by molar-refractivity contribution is -0.141. The van der Waals surface area contributed by atoms with Crippen molar-refractivity contribution in [2.75, 3.05) is 18.1 Å². The number of carboxylic acid groups (broad SMARTS) is 1. The van der Waals surface area contributed by atoms with E-state index in [2.05, 4.69) is 13.8 Å². The van der Waals surface area contributed by atoms with Crippen molar-refractivity contribution in [3.63, 3.8) is 0 Å².